The summed E-state index contributed by atoms with van der Waals surface area (Å²) in [5.74, 6) is 0. The fourth-order valence-electron chi connectivity index (χ4n) is 0.734. The van der Waals surface area contributed by atoms with Crippen molar-refractivity contribution in [2.24, 2.45) is 0 Å². The molecule has 0 bridgehead atoms. The first-order chi connectivity index (χ1) is 5.39. The van der Waals surface area contributed by atoms with E-state index >= 15 is 0 Å². The van der Waals surface area contributed by atoms with Crippen LogP contribution in [0.25, 0.3) is 0 Å². The zero-order chi connectivity index (χ0) is 7.94. The second kappa shape index (κ2) is 11.3. The van der Waals surface area contributed by atoms with E-state index in [1.165, 1.54) is 24.2 Å². The zero-order valence-electron chi connectivity index (χ0n) is 7.26. The van der Waals surface area contributed by atoms with Gasteiger partial charge in [-0.2, -0.15) is 23.7 Å². The zero-order valence-corrected chi connectivity index (χ0v) is 11.8. The van der Waals surface area contributed by atoms with Gasteiger partial charge in [-0.05, 0) is 12.8 Å². The second-order valence-electron chi connectivity index (χ2n) is 2.18. The predicted molar refractivity (Wildman–Crippen MR) is 54.0 cm³/mol. The second-order valence-corrected chi connectivity index (χ2v) is 3.69. The molecule has 1 saturated heterocycles. The Kier molecular flexibility index (Phi) is 14.4. The Labute approximate surface area is 115 Å². The number of halogens is 2. The molecule has 70 valence electrons. The van der Waals surface area contributed by atoms with Crippen LogP contribution in [0.4, 0.5) is 0 Å². The largest absolute Gasteiger partial charge is 2.00 e. The topological polar surface area (TPSA) is 9.23 Å². The Balaban J connectivity index is 0. The van der Waals surface area contributed by atoms with Crippen LogP contribution < -0.4 is 17.0 Å². The van der Waals surface area contributed by atoms with E-state index in [2.05, 4.69) is 5.38 Å². The fraction of sp³-hybridized carbons (Fsp3) is 0.500. The van der Waals surface area contributed by atoms with Crippen LogP contribution in [0.15, 0.2) is 12.1 Å². The molecule has 0 spiro atoms. The molecule has 1 nitrogen and oxygen atoms in total. The van der Waals surface area contributed by atoms with Crippen LogP contribution in [-0.2, 0) is 4.74 Å². The van der Waals surface area contributed by atoms with Crippen molar-refractivity contribution in [1.82, 2.24) is 0 Å². The number of rotatable bonds is 0. The van der Waals surface area contributed by atoms with Crippen LogP contribution in [0.2, 0.25) is 4.34 Å². The van der Waals surface area contributed by atoms with Crippen molar-refractivity contribution in [3.8, 4) is 0 Å². The molecule has 1 fully saturated rings. The first-order valence-corrected chi connectivity index (χ1v) is 4.78. The summed E-state index contributed by atoms with van der Waals surface area (Å²) in [5, 5.41) is 2.84. The molecule has 0 saturated carbocycles. The molecular formula is C8H10BrClMgOS. The third kappa shape index (κ3) is 9.50. The van der Waals surface area contributed by atoms with Gasteiger partial charge < -0.3 is 21.7 Å². The Morgan fingerprint density at radius 3 is 2.15 bits per heavy atom. The van der Waals surface area contributed by atoms with E-state index in [9.17, 15) is 0 Å². The third-order valence-electron chi connectivity index (χ3n) is 1.27. The molecule has 0 aliphatic carbocycles. The number of thiophene rings is 1. The minimum absolute atomic E-state index is 0. The molecule has 2 heterocycles. The molecule has 0 radical (unpaired) electrons. The normalized spacial score (nSPS) is 13.3. The molecule has 13 heavy (non-hydrogen) atoms. The van der Waals surface area contributed by atoms with Gasteiger partial charge >= 0.3 is 23.1 Å². The first-order valence-electron chi connectivity index (χ1n) is 3.59. The van der Waals surface area contributed by atoms with Crippen LogP contribution in [0, 0.1) is 5.38 Å². The van der Waals surface area contributed by atoms with Gasteiger partial charge in [0.2, 0.25) is 0 Å². The molecule has 0 unspecified atom stereocenters. The molecule has 1 aliphatic heterocycles. The van der Waals surface area contributed by atoms with E-state index in [4.69, 9.17) is 16.3 Å². The third-order valence-corrected chi connectivity index (χ3v) is 2.21. The summed E-state index contributed by atoms with van der Waals surface area (Å²) in [6.07, 6.45) is 2.56. The smallest absolute Gasteiger partial charge is 1.00 e. The van der Waals surface area contributed by atoms with Crippen LogP contribution >= 0.6 is 22.9 Å². The summed E-state index contributed by atoms with van der Waals surface area (Å²) in [4.78, 5) is 0. The maximum atomic E-state index is 5.44. The monoisotopic (exact) mass is 292 g/mol. The van der Waals surface area contributed by atoms with E-state index in [1.807, 2.05) is 6.07 Å². The first kappa shape index (κ1) is 16.6. The minimum Gasteiger partial charge on any atom is -1.00 e. The van der Waals surface area contributed by atoms with Crippen molar-refractivity contribution in [3.05, 3.63) is 21.8 Å². The summed E-state index contributed by atoms with van der Waals surface area (Å²) in [6.45, 7) is 2.00. The van der Waals surface area contributed by atoms with Crippen molar-refractivity contribution in [2.45, 2.75) is 12.8 Å². The average molecular weight is 294 g/mol. The van der Waals surface area contributed by atoms with Crippen molar-refractivity contribution < 1.29 is 21.7 Å². The van der Waals surface area contributed by atoms with Crippen molar-refractivity contribution in [3.63, 3.8) is 0 Å². The average Bonchev–Trinajstić information content (AvgIpc) is 2.57. The summed E-state index contributed by atoms with van der Waals surface area (Å²) >= 11 is 6.86. The van der Waals surface area contributed by atoms with Gasteiger partial charge in [-0.25, -0.2) is 0 Å². The van der Waals surface area contributed by atoms with E-state index in [0.29, 0.717) is 0 Å². The summed E-state index contributed by atoms with van der Waals surface area (Å²) < 4.78 is 5.75. The Morgan fingerprint density at radius 1 is 1.38 bits per heavy atom. The van der Waals surface area contributed by atoms with E-state index < -0.39 is 0 Å². The summed E-state index contributed by atoms with van der Waals surface area (Å²) in [7, 11) is 0. The van der Waals surface area contributed by atoms with E-state index in [-0.39, 0.29) is 40.0 Å². The van der Waals surface area contributed by atoms with Crippen LogP contribution in [0.1, 0.15) is 12.8 Å². The Bertz CT molecular complexity index is 173. The van der Waals surface area contributed by atoms with Gasteiger partial charge in [0.1, 0.15) is 0 Å². The molecular weight excluding hydrogens is 284 g/mol. The van der Waals surface area contributed by atoms with Crippen LogP contribution in [0.5, 0.6) is 0 Å². The molecule has 1 aromatic rings. The SMILES string of the molecule is C1CCOC1.Clc1cc[c-]s1.[Br-].[Mg+2]. The van der Waals surface area contributed by atoms with Gasteiger partial charge in [0.15, 0.2) is 0 Å². The quantitative estimate of drug-likeness (QED) is 0.468. The number of ether oxygens (including phenoxy) is 1. The maximum Gasteiger partial charge on any atom is 2.00 e. The predicted octanol–water partition coefficient (Wildman–Crippen LogP) is -0.378. The van der Waals surface area contributed by atoms with Crippen molar-refractivity contribution in [2.75, 3.05) is 13.2 Å². The van der Waals surface area contributed by atoms with Gasteiger partial charge in [-0.3, -0.25) is 11.3 Å². The maximum absolute atomic E-state index is 5.44. The number of hydrogen-bond acceptors (Lipinski definition) is 2. The van der Waals surface area contributed by atoms with E-state index in [1.54, 1.807) is 6.07 Å². The Hall–Kier alpha value is 1.20. The fourth-order valence-corrected chi connectivity index (χ4v) is 1.32. The van der Waals surface area contributed by atoms with Gasteiger partial charge in [0.05, 0.1) is 0 Å². The number of hydrogen-bond donors (Lipinski definition) is 0. The van der Waals surface area contributed by atoms with Gasteiger partial charge in [-0.1, -0.05) is 4.34 Å². The van der Waals surface area contributed by atoms with Crippen molar-refractivity contribution >= 4 is 46.0 Å². The summed E-state index contributed by atoms with van der Waals surface area (Å²) in [5.41, 5.74) is 0. The van der Waals surface area contributed by atoms with Crippen molar-refractivity contribution in [1.29, 1.82) is 0 Å². The van der Waals surface area contributed by atoms with Gasteiger partial charge in [-0.15, -0.1) is 5.38 Å². The molecule has 0 atom stereocenters. The Morgan fingerprint density at radius 2 is 2.00 bits per heavy atom. The minimum atomic E-state index is 0. The van der Waals surface area contributed by atoms with Crippen LogP contribution in [-0.4, -0.2) is 36.3 Å². The molecule has 2 rings (SSSR count). The molecule has 0 N–H and O–H groups in total. The molecule has 0 aromatic carbocycles. The van der Waals surface area contributed by atoms with E-state index in [0.717, 1.165) is 17.6 Å². The van der Waals surface area contributed by atoms with Gasteiger partial charge in [0.25, 0.3) is 0 Å². The summed E-state index contributed by atoms with van der Waals surface area (Å²) in [6, 6.07) is 3.61. The standard InChI is InChI=1S/C4H2ClS.C4H8O.BrH.Mg/c5-4-2-1-3-6-4;1-2-4-5-3-1;;/h1-2H;1-4H2;1H;/q-1;;;+2/p-1. The van der Waals surface area contributed by atoms with Gasteiger partial charge in [0, 0.05) is 13.2 Å². The molecule has 0 amide bonds. The molecule has 1 aromatic heterocycles. The molecule has 5 heteroatoms. The van der Waals surface area contributed by atoms with Crippen LogP contribution in [0.3, 0.4) is 0 Å². The molecule has 1 aliphatic rings.